The molecule has 0 aliphatic heterocycles. The second kappa shape index (κ2) is 6.50. The third-order valence-corrected chi connectivity index (χ3v) is 3.07. The fourth-order valence-corrected chi connectivity index (χ4v) is 2.18. The first-order valence-corrected chi connectivity index (χ1v) is 7.00. The van der Waals surface area contributed by atoms with Crippen LogP contribution in [0.3, 0.4) is 0 Å². The molecule has 1 N–H and O–H groups in total. The normalized spacial score (nSPS) is 13.7. The molecule has 1 aromatic rings. The summed E-state index contributed by atoms with van der Waals surface area (Å²) in [4.78, 5) is 4.19. The van der Waals surface area contributed by atoms with Crippen molar-refractivity contribution < 1.29 is 0 Å². The summed E-state index contributed by atoms with van der Waals surface area (Å²) in [5.74, 6) is 0.681. The Morgan fingerprint density at radius 1 is 1.35 bits per heavy atom. The lowest BCUT2D eigenvalue weighted by atomic mass is 9.98. The lowest BCUT2D eigenvalue weighted by Gasteiger charge is -2.22. The van der Waals surface area contributed by atoms with Crippen LogP contribution in [0.2, 0.25) is 0 Å². The number of halogens is 1. The minimum absolute atomic E-state index is 0.219. The predicted molar refractivity (Wildman–Crippen MR) is 77.2 cm³/mol. The van der Waals surface area contributed by atoms with Gasteiger partial charge in [0.1, 0.15) is 0 Å². The second-order valence-electron chi connectivity index (χ2n) is 5.79. The number of rotatable bonds is 5. The molecular formula is C14H23BrN2. The van der Waals surface area contributed by atoms with Gasteiger partial charge in [-0.25, -0.2) is 0 Å². The number of hydrogen-bond acceptors (Lipinski definition) is 2. The average molecular weight is 299 g/mol. The summed E-state index contributed by atoms with van der Waals surface area (Å²) in [6.07, 6.45) is 6.08. The first-order chi connectivity index (χ1) is 7.87. The third kappa shape index (κ3) is 6.79. The van der Waals surface area contributed by atoms with Crippen LogP contribution in [0.4, 0.5) is 0 Å². The molecule has 2 nitrogen and oxygen atoms in total. The maximum atomic E-state index is 4.19. The van der Waals surface area contributed by atoms with Crippen LogP contribution in [-0.2, 0) is 6.42 Å². The summed E-state index contributed by atoms with van der Waals surface area (Å²) in [5.41, 5.74) is 1.53. The molecule has 0 fully saturated rings. The van der Waals surface area contributed by atoms with E-state index in [9.17, 15) is 0 Å². The van der Waals surface area contributed by atoms with Gasteiger partial charge in [0.15, 0.2) is 0 Å². The Balaban J connectivity index is 2.32. The third-order valence-electron chi connectivity index (χ3n) is 2.64. The molecule has 0 spiro atoms. The molecular weight excluding hydrogens is 276 g/mol. The molecule has 1 aromatic heterocycles. The summed E-state index contributed by atoms with van der Waals surface area (Å²) in [6, 6.07) is 2.15. The van der Waals surface area contributed by atoms with Crippen LogP contribution >= 0.6 is 15.9 Å². The summed E-state index contributed by atoms with van der Waals surface area (Å²) in [7, 11) is 0. The molecule has 0 aliphatic carbocycles. The Hall–Kier alpha value is -0.410. The molecule has 0 aliphatic rings. The van der Waals surface area contributed by atoms with E-state index in [1.165, 1.54) is 12.0 Å². The molecule has 1 heterocycles. The molecule has 1 rings (SSSR count). The van der Waals surface area contributed by atoms with Gasteiger partial charge in [-0.3, -0.25) is 4.98 Å². The molecule has 17 heavy (non-hydrogen) atoms. The quantitative estimate of drug-likeness (QED) is 0.894. The largest absolute Gasteiger partial charge is 0.312 e. The van der Waals surface area contributed by atoms with Gasteiger partial charge in [-0.15, -0.1) is 0 Å². The number of nitrogens with one attached hydrogen (secondary N) is 1. The van der Waals surface area contributed by atoms with E-state index in [0.717, 1.165) is 17.4 Å². The lowest BCUT2D eigenvalue weighted by Crippen LogP contribution is -2.37. The van der Waals surface area contributed by atoms with Gasteiger partial charge >= 0.3 is 0 Å². The van der Waals surface area contributed by atoms with Gasteiger partial charge in [-0.1, -0.05) is 6.92 Å². The van der Waals surface area contributed by atoms with Crippen molar-refractivity contribution >= 4 is 15.9 Å². The van der Waals surface area contributed by atoms with Gasteiger partial charge in [0.05, 0.1) is 0 Å². The summed E-state index contributed by atoms with van der Waals surface area (Å²) in [6.45, 7) is 9.99. The highest BCUT2D eigenvalue weighted by Crippen LogP contribution is 2.15. The first kappa shape index (κ1) is 14.7. The van der Waals surface area contributed by atoms with E-state index in [2.05, 4.69) is 60.0 Å². The maximum Gasteiger partial charge on any atom is 0.0410 e. The van der Waals surface area contributed by atoms with E-state index >= 15 is 0 Å². The van der Waals surface area contributed by atoms with Crippen molar-refractivity contribution in [1.82, 2.24) is 10.3 Å². The van der Waals surface area contributed by atoms with E-state index in [4.69, 9.17) is 0 Å². The van der Waals surface area contributed by atoms with Crippen LogP contribution in [0.15, 0.2) is 22.9 Å². The van der Waals surface area contributed by atoms with E-state index in [-0.39, 0.29) is 5.54 Å². The van der Waals surface area contributed by atoms with Crippen LogP contribution in [-0.4, -0.2) is 17.1 Å². The van der Waals surface area contributed by atoms with Crippen molar-refractivity contribution in [2.45, 2.75) is 46.1 Å². The predicted octanol–water partition coefficient (Wildman–Crippen LogP) is 3.80. The smallest absolute Gasteiger partial charge is 0.0410 e. The highest BCUT2D eigenvalue weighted by atomic mass is 79.9. The van der Waals surface area contributed by atoms with Crippen molar-refractivity contribution in [3.05, 3.63) is 28.5 Å². The van der Waals surface area contributed by atoms with Crippen LogP contribution in [0.5, 0.6) is 0 Å². The SMILES string of the molecule is CC(CCNC(C)(C)C)Cc1cncc(Br)c1. The minimum Gasteiger partial charge on any atom is -0.312 e. The molecule has 0 bridgehead atoms. The van der Waals surface area contributed by atoms with Gasteiger partial charge in [0, 0.05) is 22.4 Å². The van der Waals surface area contributed by atoms with Crippen LogP contribution in [0, 0.1) is 5.92 Å². The minimum atomic E-state index is 0.219. The van der Waals surface area contributed by atoms with E-state index < -0.39 is 0 Å². The van der Waals surface area contributed by atoms with Crippen molar-refractivity contribution in [1.29, 1.82) is 0 Å². The molecule has 3 heteroatoms. The summed E-state index contributed by atoms with van der Waals surface area (Å²) < 4.78 is 1.06. The Labute approximate surface area is 113 Å². The number of nitrogens with zero attached hydrogens (tertiary/aromatic N) is 1. The number of hydrogen-bond donors (Lipinski definition) is 1. The highest BCUT2D eigenvalue weighted by Gasteiger charge is 2.10. The zero-order valence-electron chi connectivity index (χ0n) is 11.3. The fraction of sp³-hybridized carbons (Fsp3) is 0.643. The second-order valence-corrected chi connectivity index (χ2v) is 6.70. The van der Waals surface area contributed by atoms with E-state index in [1.807, 2.05) is 12.4 Å². The zero-order valence-corrected chi connectivity index (χ0v) is 12.8. The van der Waals surface area contributed by atoms with Gasteiger partial charge in [0.2, 0.25) is 0 Å². The van der Waals surface area contributed by atoms with Crippen molar-refractivity contribution in [3.8, 4) is 0 Å². The monoisotopic (exact) mass is 298 g/mol. The van der Waals surface area contributed by atoms with Gasteiger partial charge in [-0.05, 0) is 73.6 Å². The van der Waals surface area contributed by atoms with Crippen LogP contribution in [0.25, 0.3) is 0 Å². The molecule has 96 valence electrons. The van der Waals surface area contributed by atoms with Crippen molar-refractivity contribution in [2.24, 2.45) is 5.92 Å². The molecule has 0 saturated heterocycles. The van der Waals surface area contributed by atoms with Crippen molar-refractivity contribution in [3.63, 3.8) is 0 Å². The average Bonchev–Trinajstić information content (AvgIpc) is 2.15. The number of pyridine rings is 1. The molecule has 1 unspecified atom stereocenters. The van der Waals surface area contributed by atoms with E-state index in [1.54, 1.807) is 0 Å². The molecule has 0 aromatic carbocycles. The topological polar surface area (TPSA) is 24.9 Å². The Kier molecular flexibility index (Phi) is 5.60. The van der Waals surface area contributed by atoms with Gasteiger partial charge in [0.25, 0.3) is 0 Å². The maximum absolute atomic E-state index is 4.19. The number of aromatic nitrogens is 1. The Morgan fingerprint density at radius 3 is 2.65 bits per heavy atom. The van der Waals surface area contributed by atoms with E-state index in [0.29, 0.717) is 5.92 Å². The molecule has 0 saturated carbocycles. The molecule has 1 atom stereocenters. The summed E-state index contributed by atoms with van der Waals surface area (Å²) in [5, 5.41) is 3.53. The van der Waals surface area contributed by atoms with Crippen LogP contribution in [0.1, 0.15) is 39.7 Å². The summed E-state index contributed by atoms with van der Waals surface area (Å²) >= 11 is 3.46. The lowest BCUT2D eigenvalue weighted by molar-refractivity contribution is 0.394. The molecule has 0 amide bonds. The zero-order chi connectivity index (χ0) is 12.9. The standard InChI is InChI=1S/C14H23BrN2/c1-11(5-6-17-14(2,3)4)7-12-8-13(15)10-16-9-12/h8-11,17H,5-7H2,1-4H3. The van der Waals surface area contributed by atoms with Crippen molar-refractivity contribution in [2.75, 3.05) is 6.54 Å². The highest BCUT2D eigenvalue weighted by molar-refractivity contribution is 9.10. The van der Waals surface area contributed by atoms with Gasteiger partial charge < -0.3 is 5.32 Å². The van der Waals surface area contributed by atoms with Crippen LogP contribution < -0.4 is 5.32 Å². The molecule has 0 radical (unpaired) electrons. The fourth-order valence-electron chi connectivity index (χ4n) is 1.77. The van der Waals surface area contributed by atoms with Gasteiger partial charge in [-0.2, -0.15) is 0 Å². The first-order valence-electron chi connectivity index (χ1n) is 6.21. The Morgan fingerprint density at radius 2 is 2.06 bits per heavy atom. The Bertz CT molecular complexity index is 344.